The number of amides is 1. The fourth-order valence-corrected chi connectivity index (χ4v) is 3.66. The summed E-state index contributed by atoms with van der Waals surface area (Å²) in [5, 5.41) is 3.06. The predicted molar refractivity (Wildman–Crippen MR) is 77.8 cm³/mol. The van der Waals surface area contributed by atoms with Gasteiger partial charge in [0.25, 0.3) is 5.91 Å². The van der Waals surface area contributed by atoms with Crippen molar-refractivity contribution in [1.82, 2.24) is 4.90 Å². The molecule has 0 aromatic carbocycles. The molecule has 0 N–H and O–H groups in total. The van der Waals surface area contributed by atoms with E-state index in [9.17, 15) is 14.5 Å². The Labute approximate surface area is 125 Å². The number of carbonyl (C=O) groups excluding carboxylic acids is 2. The number of likely N-dealkylation sites (tertiary alicyclic amines) is 1. The van der Waals surface area contributed by atoms with E-state index in [1.54, 1.807) is 4.90 Å². The number of hydrogen-bond donors (Lipinski definition) is 0. The van der Waals surface area contributed by atoms with Gasteiger partial charge in [-0.05, 0) is 25.7 Å². The van der Waals surface area contributed by atoms with E-state index in [-0.39, 0.29) is 17.6 Å². The largest absolute Gasteiger partial charge is 0.372 e. The van der Waals surface area contributed by atoms with Gasteiger partial charge in [-0.1, -0.05) is 25.4 Å². The van der Waals surface area contributed by atoms with Gasteiger partial charge in [-0.3, -0.25) is 9.59 Å². The molecule has 6 nitrogen and oxygen atoms in total. The molecular formula is C15H24N2O4. The average molecular weight is 296 g/mol. The second-order valence-corrected chi connectivity index (χ2v) is 6.07. The van der Waals surface area contributed by atoms with Gasteiger partial charge in [0.2, 0.25) is 0 Å². The van der Waals surface area contributed by atoms with Gasteiger partial charge in [-0.2, -0.15) is 0 Å². The molecule has 0 aromatic heterocycles. The summed E-state index contributed by atoms with van der Waals surface area (Å²) in [6, 6.07) is -1.45. The van der Waals surface area contributed by atoms with E-state index < -0.39 is 17.7 Å². The van der Waals surface area contributed by atoms with Gasteiger partial charge in [0.05, 0.1) is 12.6 Å². The minimum Gasteiger partial charge on any atom is -0.372 e. The molecule has 118 valence electrons. The first-order valence-electron chi connectivity index (χ1n) is 7.78. The summed E-state index contributed by atoms with van der Waals surface area (Å²) in [7, 11) is 0. The summed E-state index contributed by atoms with van der Waals surface area (Å²) >= 11 is 0. The molecule has 2 fully saturated rings. The summed E-state index contributed by atoms with van der Waals surface area (Å²) in [6.07, 6.45) is 2.90. The van der Waals surface area contributed by atoms with E-state index in [2.05, 4.69) is 5.18 Å². The van der Waals surface area contributed by atoms with Gasteiger partial charge < -0.3 is 9.64 Å². The standard InChI is InChI=1S/C15H24N2O4/c1-4-11-6-8-17(12(11)10(3)18)14(19)13(16-20)15(5-2)7-9-21-15/h11-13H,4-9H2,1-3H3/t11-,12-,13?,15?/m1/s1. The Morgan fingerprint density at radius 3 is 2.48 bits per heavy atom. The van der Waals surface area contributed by atoms with Crippen LogP contribution < -0.4 is 0 Å². The Kier molecular flexibility index (Phi) is 4.76. The van der Waals surface area contributed by atoms with Crippen LogP contribution in [-0.2, 0) is 14.3 Å². The fraction of sp³-hybridized carbons (Fsp3) is 0.867. The summed E-state index contributed by atoms with van der Waals surface area (Å²) < 4.78 is 5.52. The molecule has 0 spiro atoms. The van der Waals surface area contributed by atoms with Crippen molar-refractivity contribution in [1.29, 1.82) is 0 Å². The predicted octanol–water partition coefficient (Wildman–Crippen LogP) is 1.91. The van der Waals surface area contributed by atoms with Crippen LogP contribution in [-0.4, -0.2) is 47.4 Å². The normalized spacial score (nSPS) is 33.4. The van der Waals surface area contributed by atoms with Crippen molar-refractivity contribution in [2.75, 3.05) is 13.2 Å². The summed E-state index contributed by atoms with van der Waals surface area (Å²) in [6.45, 7) is 6.50. The van der Waals surface area contributed by atoms with Crippen molar-refractivity contribution < 1.29 is 14.3 Å². The highest BCUT2D eigenvalue weighted by molar-refractivity contribution is 5.91. The van der Waals surface area contributed by atoms with Crippen LogP contribution in [0.15, 0.2) is 5.18 Å². The maximum atomic E-state index is 12.8. The molecule has 2 unspecified atom stereocenters. The lowest BCUT2D eigenvalue weighted by molar-refractivity contribution is -0.177. The van der Waals surface area contributed by atoms with Crippen molar-refractivity contribution in [2.45, 2.75) is 64.1 Å². The van der Waals surface area contributed by atoms with Gasteiger partial charge in [-0.25, -0.2) is 0 Å². The Balaban J connectivity index is 2.21. The molecule has 0 radical (unpaired) electrons. The molecule has 4 atom stereocenters. The SMILES string of the molecule is CC[C@@H]1CCN(C(=O)C(N=O)C2(CC)CCO2)[C@@H]1C(C)=O. The van der Waals surface area contributed by atoms with Crippen molar-refractivity contribution >= 4 is 11.7 Å². The number of carbonyl (C=O) groups is 2. The highest BCUT2D eigenvalue weighted by Crippen LogP contribution is 2.38. The second-order valence-electron chi connectivity index (χ2n) is 6.07. The van der Waals surface area contributed by atoms with Crippen LogP contribution in [0.4, 0.5) is 0 Å². The quantitative estimate of drug-likeness (QED) is 0.702. The molecule has 0 aliphatic carbocycles. The number of hydrogen-bond acceptors (Lipinski definition) is 5. The van der Waals surface area contributed by atoms with E-state index in [1.807, 2.05) is 13.8 Å². The zero-order valence-corrected chi connectivity index (χ0v) is 13.0. The Morgan fingerprint density at radius 1 is 1.43 bits per heavy atom. The van der Waals surface area contributed by atoms with Crippen molar-refractivity contribution in [3.8, 4) is 0 Å². The molecule has 0 aromatic rings. The second kappa shape index (κ2) is 6.22. The molecule has 2 heterocycles. The number of nitrogens with zero attached hydrogens (tertiary/aromatic N) is 2. The molecule has 2 aliphatic rings. The molecule has 2 saturated heterocycles. The van der Waals surface area contributed by atoms with Gasteiger partial charge in [0.1, 0.15) is 5.60 Å². The molecule has 0 bridgehead atoms. The lowest BCUT2D eigenvalue weighted by atomic mass is 9.83. The molecule has 2 aliphatic heterocycles. The Hall–Kier alpha value is -1.30. The highest BCUT2D eigenvalue weighted by atomic mass is 16.5. The number of rotatable bonds is 6. The monoisotopic (exact) mass is 296 g/mol. The van der Waals surface area contributed by atoms with Gasteiger partial charge in [-0.15, -0.1) is 4.91 Å². The van der Waals surface area contributed by atoms with Crippen LogP contribution in [0.2, 0.25) is 0 Å². The molecular weight excluding hydrogens is 272 g/mol. The number of ketones is 1. The lowest BCUT2D eigenvalue weighted by Gasteiger charge is -2.44. The van der Waals surface area contributed by atoms with E-state index in [4.69, 9.17) is 4.74 Å². The molecule has 2 rings (SSSR count). The highest BCUT2D eigenvalue weighted by Gasteiger charge is 2.52. The molecule has 0 saturated carbocycles. The zero-order chi connectivity index (χ0) is 15.6. The maximum absolute atomic E-state index is 12.8. The fourth-order valence-electron chi connectivity index (χ4n) is 3.66. The van der Waals surface area contributed by atoms with Crippen LogP contribution in [0, 0.1) is 10.8 Å². The number of ether oxygens (including phenoxy) is 1. The van der Waals surface area contributed by atoms with E-state index >= 15 is 0 Å². The molecule has 6 heteroatoms. The Morgan fingerprint density at radius 2 is 2.10 bits per heavy atom. The van der Waals surface area contributed by atoms with Crippen LogP contribution >= 0.6 is 0 Å². The lowest BCUT2D eigenvalue weighted by Crippen LogP contribution is -2.59. The molecule has 1 amide bonds. The Bertz CT molecular complexity index is 428. The van der Waals surface area contributed by atoms with Gasteiger partial charge in [0, 0.05) is 13.0 Å². The maximum Gasteiger partial charge on any atom is 0.254 e. The van der Waals surface area contributed by atoms with E-state index in [0.29, 0.717) is 26.0 Å². The van der Waals surface area contributed by atoms with Crippen LogP contribution in [0.25, 0.3) is 0 Å². The van der Waals surface area contributed by atoms with Gasteiger partial charge in [0.15, 0.2) is 11.8 Å². The van der Waals surface area contributed by atoms with Crippen LogP contribution in [0.3, 0.4) is 0 Å². The number of nitroso groups, excluding NO2 is 1. The number of Topliss-reactive ketones (excluding diaryl/α,β-unsaturated/α-hetero) is 1. The third-order valence-corrected chi connectivity index (χ3v) is 5.10. The minimum absolute atomic E-state index is 0.0163. The summed E-state index contributed by atoms with van der Waals surface area (Å²) in [4.78, 5) is 37.5. The molecule has 21 heavy (non-hydrogen) atoms. The zero-order valence-electron chi connectivity index (χ0n) is 13.0. The average Bonchev–Trinajstić information content (AvgIpc) is 2.86. The third-order valence-electron chi connectivity index (χ3n) is 5.10. The van der Waals surface area contributed by atoms with Crippen LogP contribution in [0.5, 0.6) is 0 Å². The van der Waals surface area contributed by atoms with E-state index in [0.717, 1.165) is 12.8 Å². The van der Waals surface area contributed by atoms with Crippen LogP contribution in [0.1, 0.15) is 46.5 Å². The third kappa shape index (κ3) is 2.61. The minimum atomic E-state index is -1.03. The van der Waals surface area contributed by atoms with Crippen molar-refractivity contribution in [2.24, 2.45) is 11.1 Å². The van der Waals surface area contributed by atoms with Crippen molar-refractivity contribution in [3.63, 3.8) is 0 Å². The first-order chi connectivity index (χ1) is 10.0. The summed E-state index contributed by atoms with van der Waals surface area (Å²) in [5.74, 6) is -0.182. The first kappa shape index (κ1) is 16.1. The van der Waals surface area contributed by atoms with E-state index in [1.165, 1.54) is 6.92 Å². The topological polar surface area (TPSA) is 76.0 Å². The first-order valence-corrected chi connectivity index (χ1v) is 7.78. The summed E-state index contributed by atoms with van der Waals surface area (Å²) in [5.41, 5.74) is -0.759. The smallest absolute Gasteiger partial charge is 0.254 e. The van der Waals surface area contributed by atoms with Gasteiger partial charge >= 0.3 is 0 Å². The van der Waals surface area contributed by atoms with Crippen molar-refractivity contribution in [3.05, 3.63) is 4.91 Å².